The number of hydrogen-bond acceptors (Lipinski definition) is 6. The molecule has 0 radical (unpaired) electrons. The smallest absolute Gasteiger partial charge is 0.266 e. The molecule has 0 amide bonds. The minimum atomic E-state index is -0.0917. The summed E-state index contributed by atoms with van der Waals surface area (Å²) in [6, 6.07) is 7.08. The fourth-order valence-corrected chi connectivity index (χ4v) is 3.01. The third-order valence-corrected chi connectivity index (χ3v) is 4.51. The lowest BCUT2D eigenvalue weighted by Gasteiger charge is -2.39. The van der Waals surface area contributed by atoms with Crippen LogP contribution in [0.4, 0.5) is 5.95 Å². The highest BCUT2D eigenvalue weighted by atomic mass is 79.9. The lowest BCUT2D eigenvalue weighted by Crippen LogP contribution is -2.50. The van der Waals surface area contributed by atoms with Gasteiger partial charge < -0.3 is 4.90 Å². The minimum absolute atomic E-state index is 0.0917. The van der Waals surface area contributed by atoms with E-state index in [4.69, 9.17) is 0 Å². The zero-order valence-corrected chi connectivity index (χ0v) is 14.9. The average molecular weight is 399 g/mol. The fraction of sp³-hybridized carbons (Fsp3) is 0.235. The van der Waals surface area contributed by atoms with E-state index >= 15 is 0 Å². The Balaban J connectivity index is 1.45. The fourth-order valence-electron chi connectivity index (χ4n) is 2.81. The second kappa shape index (κ2) is 6.72. The number of hydrogen-bond donors (Lipinski definition) is 0. The van der Waals surface area contributed by atoms with Crippen LogP contribution in [-0.4, -0.2) is 37.8 Å². The molecule has 4 rings (SSSR count). The summed E-state index contributed by atoms with van der Waals surface area (Å²) in [5.74, 6) is 1.06. The van der Waals surface area contributed by atoms with E-state index in [9.17, 15) is 4.79 Å². The van der Waals surface area contributed by atoms with Crippen molar-refractivity contribution in [2.75, 3.05) is 18.0 Å². The predicted octanol–water partition coefficient (Wildman–Crippen LogP) is 1.99. The first-order valence-electron chi connectivity index (χ1n) is 7.90. The number of pyridine rings is 1. The maximum atomic E-state index is 12.1. The molecule has 0 aliphatic carbocycles. The van der Waals surface area contributed by atoms with Crippen LogP contribution in [0.5, 0.6) is 0 Å². The van der Waals surface area contributed by atoms with E-state index in [2.05, 4.69) is 40.9 Å². The van der Waals surface area contributed by atoms with Crippen molar-refractivity contribution in [1.82, 2.24) is 24.7 Å². The van der Waals surface area contributed by atoms with Gasteiger partial charge in [0.2, 0.25) is 5.95 Å². The molecule has 1 saturated heterocycles. The van der Waals surface area contributed by atoms with Crippen LogP contribution in [0.25, 0.3) is 11.3 Å². The van der Waals surface area contributed by atoms with Crippen molar-refractivity contribution in [3.05, 3.63) is 63.9 Å². The van der Waals surface area contributed by atoms with E-state index in [0.29, 0.717) is 18.4 Å². The monoisotopic (exact) mass is 398 g/mol. The van der Waals surface area contributed by atoms with Crippen molar-refractivity contribution in [3.8, 4) is 11.3 Å². The largest absolute Gasteiger partial charge is 0.340 e. The van der Waals surface area contributed by atoms with Gasteiger partial charge in [-0.3, -0.25) is 9.78 Å². The van der Waals surface area contributed by atoms with Gasteiger partial charge in [-0.25, -0.2) is 14.6 Å². The van der Waals surface area contributed by atoms with Gasteiger partial charge in [0, 0.05) is 55.4 Å². The molecular weight excluding hydrogens is 384 g/mol. The number of anilines is 1. The van der Waals surface area contributed by atoms with Crippen LogP contribution in [0.3, 0.4) is 0 Å². The van der Waals surface area contributed by atoms with Gasteiger partial charge in [-0.1, -0.05) is 0 Å². The van der Waals surface area contributed by atoms with Crippen molar-refractivity contribution < 1.29 is 0 Å². The number of halogens is 1. The molecule has 0 bridgehead atoms. The van der Waals surface area contributed by atoms with Gasteiger partial charge in [0.15, 0.2) is 0 Å². The summed E-state index contributed by atoms with van der Waals surface area (Å²) in [4.78, 5) is 26.9. The first-order chi connectivity index (χ1) is 12.2. The van der Waals surface area contributed by atoms with Crippen LogP contribution in [0.1, 0.15) is 0 Å². The molecule has 0 saturated carbocycles. The molecular formula is C17H15BrN6O. The average Bonchev–Trinajstić information content (AvgIpc) is 2.61. The second-order valence-corrected chi connectivity index (χ2v) is 6.87. The maximum absolute atomic E-state index is 12.1. The van der Waals surface area contributed by atoms with E-state index in [-0.39, 0.29) is 5.56 Å². The number of nitrogens with zero attached hydrogens (tertiary/aromatic N) is 6. The molecule has 4 heterocycles. The van der Waals surface area contributed by atoms with E-state index in [1.165, 1.54) is 4.68 Å². The molecule has 0 unspecified atom stereocenters. The SMILES string of the molecule is O=c1ccc(-c2cccnc2)nn1CC1CN(c2ncc(Br)cn2)C1. The Kier molecular flexibility index (Phi) is 4.27. The van der Waals surface area contributed by atoms with Crippen LogP contribution in [0.15, 0.2) is 58.3 Å². The third-order valence-electron chi connectivity index (χ3n) is 4.10. The first kappa shape index (κ1) is 15.9. The summed E-state index contributed by atoms with van der Waals surface area (Å²) in [7, 11) is 0. The van der Waals surface area contributed by atoms with Crippen LogP contribution < -0.4 is 10.5 Å². The van der Waals surface area contributed by atoms with Crippen molar-refractivity contribution in [3.63, 3.8) is 0 Å². The summed E-state index contributed by atoms with van der Waals surface area (Å²) < 4.78 is 2.39. The van der Waals surface area contributed by atoms with E-state index in [0.717, 1.165) is 28.8 Å². The lowest BCUT2D eigenvalue weighted by molar-refractivity contribution is 0.331. The van der Waals surface area contributed by atoms with Gasteiger partial charge in [-0.15, -0.1) is 0 Å². The van der Waals surface area contributed by atoms with Gasteiger partial charge in [0.25, 0.3) is 5.56 Å². The van der Waals surface area contributed by atoms with E-state index < -0.39 is 0 Å². The molecule has 8 heteroatoms. The second-order valence-electron chi connectivity index (χ2n) is 5.95. The molecule has 0 aromatic carbocycles. The zero-order chi connectivity index (χ0) is 17.2. The Morgan fingerprint density at radius 3 is 2.64 bits per heavy atom. The highest BCUT2D eigenvalue weighted by molar-refractivity contribution is 9.10. The molecule has 1 aliphatic rings. The number of rotatable bonds is 4. The molecule has 1 aliphatic heterocycles. The summed E-state index contributed by atoms with van der Waals surface area (Å²) in [6.07, 6.45) is 6.93. The van der Waals surface area contributed by atoms with Crippen molar-refractivity contribution in [2.24, 2.45) is 5.92 Å². The summed E-state index contributed by atoms with van der Waals surface area (Å²) in [6.45, 7) is 2.21. The molecule has 3 aromatic rings. The Hall–Kier alpha value is -2.61. The molecule has 126 valence electrons. The van der Waals surface area contributed by atoms with Gasteiger partial charge in [0.1, 0.15) is 0 Å². The molecule has 7 nitrogen and oxygen atoms in total. The molecule has 1 fully saturated rings. The van der Waals surface area contributed by atoms with Crippen LogP contribution in [-0.2, 0) is 6.54 Å². The van der Waals surface area contributed by atoms with Crippen LogP contribution in [0, 0.1) is 5.92 Å². The first-order valence-corrected chi connectivity index (χ1v) is 8.69. The quantitative estimate of drug-likeness (QED) is 0.668. The highest BCUT2D eigenvalue weighted by Crippen LogP contribution is 2.22. The van der Waals surface area contributed by atoms with Gasteiger partial charge >= 0.3 is 0 Å². The summed E-state index contributed by atoms with van der Waals surface area (Å²) in [5, 5.41) is 4.48. The van der Waals surface area contributed by atoms with E-state index in [1.807, 2.05) is 12.1 Å². The standard InChI is InChI=1S/C17H15BrN6O/c18-14-7-20-17(21-8-14)23-9-12(10-23)11-24-16(25)4-3-15(22-24)13-2-1-5-19-6-13/h1-8,12H,9-11H2. The third kappa shape index (κ3) is 3.43. The molecule has 25 heavy (non-hydrogen) atoms. The van der Waals surface area contributed by atoms with Crippen molar-refractivity contribution >= 4 is 21.9 Å². The molecule has 0 N–H and O–H groups in total. The maximum Gasteiger partial charge on any atom is 0.266 e. The van der Waals surface area contributed by atoms with E-state index in [1.54, 1.807) is 36.9 Å². The normalized spacial score (nSPS) is 14.4. The van der Waals surface area contributed by atoms with Crippen molar-refractivity contribution in [1.29, 1.82) is 0 Å². The highest BCUT2D eigenvalue weighted by Gasteiger charge is 2.29. The van der Waals surface area contributed by atoms with Gasteiger partial charge in [-0.2, -0.15) is 5.10 Å². The van der Waals surface area contributed by atoms with Crippen LogP contribution in [0.2, 0.25) is 0 Å². The minimum Gasteiger partial charge on any atom is -0.340 e. The lowest BCUT2D eigenvalue weighted by atomic mass is 10.0. The zero-order valence-electron chi connectivity index (χ0n) is 13.3. The number of aromatic nitrogens is 5. The summed E-state index contributed by atoms with van der Waals surface area (Å²) in [5.41, 5.74) is 1.56. The summed E-state index contributed by atoms with van der Waals surface area (Å²) >= 11 is 3.33. The van der Waals surface area contributed by atoms with Crippen LogP contribution >= 0.6 is 15.9 Å². The predicted molar refractivity (Wildman–Crippen MR) is 97.2 cm³/mol. The Morgan fingerprint density at radius 1 is 1.12 bits per heavy atom. The molecule has 3 aromatic heterocycles. The molecule has 0 spiro atoms. The molecule has 0 atom stereocenters. The Morgan fingerprint density at radius 2 is 1.92 bits per heavy atom. The topological polar surface area (TPSA) is 76.8 Å². The van der Waals surface area contributed by atoms with Gasteiger partial charge in [0.05, 0.1) is 16.7 Å². The van der Waals surface area contributed by atoms with Crippen molar-refractivity contribution in [2.45, 2.75) is 6.54 Å². The Bertz CT molecular complexity index is 922. The Labute approximate surface area is 152 Å². The van der Waals surface area contributed by atoms with Gasteiger partial charge in [-0.05, 0) is 34.1 Å².